The van der Waals surface area contributed by atoms with Gasteiger partial charge in [-0.25, -0.2) is 9.78 Å². The standard InChI is InChI=1S/C18H15N5O5/c24-14-7-1-11(2-8-14)9-19-16-15(23(27)28)10-20-18(22-16)21-13-5-3-12(4-6-13)17(25)26/h1-8,10,24H,9H2,(H,25,26)(H2,19,20,21,22). The van der Waals surface area contributed by atoms with Crippen LogP contribution in [0.3, 0.4) is 0 Å². The van der Waals surface area contributed by atoms with Crippen LogP contribution in [0.5, 0.6) is 5.75 Å². The summed E-state index contributed by atoms with van der Waals surface area (Å²) >= 11 is 0. The summed E-state index contributed by atoms with van der Waals surface area (Å²) in [6.07, 6.45) is 1.08. The molecule has 0 saturated heterocycles. The fourth-order valence-electron chi connectivity index (χ4n) is 2.32. The zero-order valence-corrected chi connectivity index (χ0v) is 14.4. The number of nitro groups is 1. The molecule has 0 fully saturated rings. The van der Waals surface area contributed by atoms with Gasteiger partial charge in [0.2, 0.25) is 11.8 Å². The predicted octanol–water partition coefficient (Wildman–Crippen LogP) is 3.14. The SMILES string of the molecule is O=C(O)c1ccc(Nc2ncc([N+](=O)[O-])c(NCc3ccc(O)cc3)n2)cc1. The number of phenolic OH excluding ortho intramolecular Hbond substituents is 1. The Kier molecular flexibility index (Phi) is 5.30. The van der Waals surface area contributed by atoms with Gasteiger partial charge in [-0.05, 0) is 42.0 Å². The number of carbonyl (C=O) groups is 1. The van der Waals surface area contributed by atoms with E-state index < -0.39 is 10.9 Å². The number of aromatic hydroxyl groups is 1. The Bertz CT molecular complexity index is 1010. The van der Waals surface area contributed by atoms with Crippen LogP contribution >= 0.6 is 0 Å². The van der Waals surface area contributed by atoms with Gasteiger partial charge in [-0.3, -0.25) is 10.1 Å². The Morgan fingerprint density at radius 1 is 1.11 bits per heavy atom. The molecule has 28 heavy (non-hydrogen) atoms. The maximum absolute atomic E-state index is 11.2. The molecule has 0 saturated carbocycles. The second kappa shape index (κ2) is 7.99. The van der Waals surface area contributed by atoms with Crippen LogP contribution in [0.1, 0.15) is 15.9 Å². The molecule has 0 aliphatic carbocycles. The van der Waals surface area contributed by atoms with Crippen molar-refractivity contribution in [2.75, 3.05) is 10.6 Å². The van der Waals surface area contributed by atoms with Gasteiger partial charge < -0.3 is 20.8 Å². The van der Waals surface area contributed by atoms with E-state index in [0.717, 1.165) is 11.8 Å². The van der Waals surface area contributed by atoms with Crippen molar-refractivity contribution in [3.8, 4) is 5.75 Å². The van der Waals surface area contributed by atoms with E-state index in [1.54, 1.807) is 12.1 Å². The van der Waals surface area contributed by atoms with Crippen molar-refractivity contribution in [2.45, 2.75) is 6.54 Å². The van der Waals surface area contributed by atoms with Crippen molar-refractivity contribution < 1.29 is 19.9 Å². The number of benzene rings is 2. The van der Waals surface area contributed by atoms with E-state index in [2.05, 4.69) is 20.6 Å². The third kappa shape index (κ3) is 4.49. The summed E-state index contributed by atoms with van der Waals surface area (Å²) in [5.74, 6) is -0.782. The Hall–Kier alpha value is -4.21. The topological polar surface area (TPSA) is 151 Å². The van der Waals surface area contributed by atoms with Crippen molar-refractivity contribution >= 4 is 29.1 Å². The minimum absolute atomic E-state index is 0.0257. The summed E-state index contributed by atoms with van der Waals surface area (Å²) in [5.41, 5.74) is 1.17. The first kappa shape index (κ1) is 18.6. The van der Waals surface area contributed by atoms with Gasteiger partial charge in [-0.15, -0.1) is 0 Å². The highest BCUT2D eigenvalue weighted by atomic mass is 16.6. The Morgan fingerprint density at radius 3 is 2.39 bits per heavy atom. The van der Waals surface area contributed by atoms with E-state index in [1.165, 1.54) is 36.4 Å². The summed E-state index contributed by atoms with van der Waals surface area (Å²) in [4.78, 5) is 29.6. The molecule has 0 spiro atoms. The number of hydrogen-bond donors (Lipinski definition) is 4. The van der Waals surface area contributed by atoms with E-state index in [-0.39, 0.29) is 35.3 Å². The molecule has 10 nitrogen and oxygen atoms in total. The minimum Gasteiger partial charge on any atom is -0.508 e. The number of rotatable bonds is 7. The molecular formula is C18H15N5O5. The van der Waals surface area contributed by atoms with Gasteiger partial charge in [0, 0.05) is 12.2 Å². The second-order valence-electron chi connectivity index (χ2n) is 5.71. The first-order valence-corrected chi connectivity index (χ1v) is 8.06. The number of aromatic nitrogens is 2. The highest BCUT2D eigenvalue weighted by Gasteiger charge is 2.17. The van der Waals surface area contributed by atoms with Gasteiger partial charge in [-0.2, -0.15) is 4.98 Å². The van der Waals surface area contributed by atoms with Crippen molar-refractivity contribution in [1.82, 2.24) is 9.97 Å². The molecule has 2 aromatic carbocycles. The van der Waals surface area contributed by atoms with Crippen molar-refractivity contribution in [3.63, 3.8) is 0 Å². The molecule has 4 N–H and O–H groups in total. The molecule has 0 amide bonds. The average Bonchev–Trinajstić information content (AvgIpc) is 2.68. The second-order valence-corrected chi connectivity index (χ2v) is 5.71. The van der Waals surface area contributed by atoms with Gasteiger partial charge in [0.1, 0.15) is 11.9 Å². The van der Waals surface area contributed by atoms with E-state index >= 15 is 0 Å². The van der Waals surface area contributed by atoms with E-state index in [9.17, 15) is 20.0 Å². The summed E-state index contributed by atoms with van der Waals surface area (Å²) < 4.78 is 0. The maximum Gasteiger partial charge on any atom is 0.335 e. The Balaban J connectivity index is 1.79. The summed E-state index contributed by atoms with van der Waals surface area (Å²) in [6, 6.07) is 12.3. The molecule has 142 valence electrons. The Morgan fingerprint density at radius 2 is 1.79 bits per heavy atom. The number of phenols is 1. The van der Waals surface area contributed by atoms with E-state index in [0.29, 0.717) is 5.69 Å². The molecule has 0 atom stereocenters. The largest absolute Gasteiger partial charge is 0.508 e. The van der Waals surface area contributed by atoms with E-state index in [4.69, 9.17) is 5.11 Å². The predicted molar refractivity (Wildman–Crippen MR) is 101 cm³/mol. The highest BCUT2D eigenvalue weighted by molar-refractivity contribution is 5.88. The molecular weight excluding hydrogens is 366 g/mol. The smallest absolute Gasteiger partial charge is 0.335 e. The van der Waals surface area contributed by atoms with Crippen LogP contribution in [0.25, 0.3) is 0 Å². The number of nitrogens with zero attached hydrogens (tertiary/aromatic N) is 3. The molecule has 3 aromatic rings. The lowest BCUT2D eigenvalue weighted by Gasteiger charge is -2.09. The molecule has 1 heterocycles. The quantitative estimate of drug-likeness (QED) is 0.357. The van der Waals surface area contributed by atoms with Crippen LogP contribution in [0, 0.1) is 10.1 Å². The van der Waals surface area contributed by atoms with Crippen LogP contribution in [-0.2, 0) is 6.54 Å². The monoisotopic (exact) mass is 381 g/mol. The van der Waals surface area contributed by atoms with Gasteiger partial charge in [0.05, 0.1) is 10.5 Å². The van der Waals surface area contributed by atoms with Crippen molar-refractivity contribution in [1.29, 1.82) is 0 Å². The summed E-state index contributed by atoms with van der Waals surface area (Å²) in [6.45, 7) is 0.255. The van der Waals surface area contributed by atoms with Gasteiger partial charge in [-0.1, -0.05) is 12.1 Å². The average molecular weight is 381 g/mol. The number of carboxylic acid groups (broad SMARTS) is 1. The molecule has 0 aliphatic heterocycles. The Labute approximate surface area is 158 Å². The van der Waals surface area contributed by atoms with Crippen molar-refractivity contribution in [3.05, 3.63) is 76.0 Å². The molecule has 0 aliphatic rings. The number of aromatic carboxylic acids is 1. The zero-order valence-electron chi connectivity index (χ0n) is 14.4. The number of nitrogens with one attached hydrogen (secondary N) is 2. The first-order chi connectivity index (χ1) is 13.4. The maximum atomic E-state index is 11.2. The van der Waals surface area contributed by atoms with Crippen LogP contribution in [0.15, 0.2) is 54.7 Å². The molecule has 0 radical (unpaired) electrons. The number of anilines is 3. The normalized spacial score (nSPS) is 10.3. The molecule has 0 unspecified atom stereocenters. The lowest BCUT2D eigenvalue weighted by molar-refractivity contribution is -0.384. The van der Waals surface area contributed by atoms with Gasteiger partial charge in [0.25, 0.3) is 0 Å². The van der Waals surface area contributed by atoms with Gasteiger partial charge >= 0.3 is 11.7 Å². The fourth-order valence-corrected chi connectivity index (χ4v) is 2.32. The zero-order chi connectivity index (χ0) is 20.1. The molecule has 3 rings (SSSR count). The van der Waals surface area contributed by atoms with Crippen LogP contribution in [0.2, 0.25) is 0 Å². The number of hydrogen-bond acceptors (Lipinski definition) is 8. The van der Waals surface area contributed by atoms with Crippen molar-refractivity contribution in [2.24, 2.45) is 0 Å². The van der Waals surface area contributed by atoms with Crippen LogP contribution < -0.4 is 10.6 Å². The summed E-state index contributed by atoms with van der Waals surface area (Å²) in [5, 5.41) is 35.2. The molecule has 10 heteroatoms. The lowest BCUT2D eigenvalue weighted by Crippen LogP contribution is -2.07. The third-order valence-corrected chi connectivity index (χ3v) is 3.75. The lowest BCUT2D eigenvalue weighted by atomic mass is 10.2. The first-order valence-electron chi connectivity index (χ1n) is 8.06. The molecule has 1 aromatic heterocycles. The molecule has 0 bridgehead atoms. The minimum atomic E-state index is -1.04. The van der Waals surface area contributed by atoms with Crippen LogP contribution in [0.4, 0.5) is 23.1 Å². The third-order valence-electron chi connectivity index (χ3n) is 3.75. The fraction of sp³-hybridized carbons (Fsp3) is 0.0556. The highest BCUT2D eigenvalue weighted by Crippen LogP contribution is 2.24. The van der Waals surface area contributed by atoms with Crippen LogP contribution in [-0.4, -0.2) is 31.1 Å². The summed E-state index contributed by atoms with van der Waals surface area (Å²) in [7, 11) is 0. The van der Waals surface area contributed by atoms with E-state index in [1.807, 2.05) is 0 Å². The van der Waals surface area contributed by atoms with Gasteiger partial charge in [0.15, 0.2) is 0 Å². The number of carboxylic acids is 1.